The zero-order valence-electron chi connectivity index (χ0n) is 16.5. The van der Waals surface area contributed by atoms with Crippen LogP contribution >= 0.6 is 0 Å². The molecule has 0 aliphatic carbocycles. The van der Waals surface area contributed by atoms with Crippen LogP contribution in [0.1, 0.15) is 0 Å². The maximum Gasteiger partial charge on any atom is 0.252 e. The minimum atomic E-state index is -4.44. The predicted molar refractivity (Wildman–Crippen MR) is 99.4 cm³/mol. The number of pyridine rings is 1. The Kier molecular flexibility index (Phi) is 9.08. The third-order valence-electron chi connectivity index (χ3n) is 4.50. The van der Waals surface area contributed by atoms with Gasteiger partial charge in [-0.3, -0.25) is 4.90 Å². The smallest absolute Gasteiger partial charge is 0.252 e. The van der Waals surface area contributed by atoms with Gasteiger partial charge < -0.3 is 19.1 Å². The van der Waals surface area contributed by atoms with Crippen molar-refractivity contribution in [2.24, 2.45) is 0 Å². The van der Waals surface area contributed by atoms with Crippen LogP contribution in [-0.4, -0.2) is 97.4 Å². The molecule has 0 aromatic carbocycles. The zero-order valence-corrected chi connectivity index (χ0v) is 17.3. The summed E-state index contributed by atoms with van der Waals surface area (Å²) < 4.78 is 83.9. The van der Waals surface area contributed by atoms with E-state index in [1.165, 1.54) is 19.1 Å². The Hall–Kier alpha value is -1.47. The fourth-order valence-corrected chi connectivity index (χ4v) is 4.29. The van der Waals surface area contributed by atoms with Crippen LogP contribution < -0.4 is 4.90 Å². The highest BCUT2D eigenvalue weighted by Gasteiger charge is 2.32. The average Bonchev–Trinajstić information content (AvgIpc) is 2.70. The molecule has 1 aliphatic heterocycles. The monoisotopic (exact) mass is 441 g/mol. The van der Waals surface area contributed by atoms with E-state index in [-0.39, 0.29) is 32.8 Å². The lowest BCUT2D eigenvalue weighted by atomic mass is 10.3. The van der Waals surface area contributed by atoms with Crippen molar-refractivity contribution in [3.05, 3.63) is 17.6 Å². The lowest BCUT2D eigenvalue weighted by molar-refractivity contribution is 0.0408. The third-order valence-corrected chi connectivity index (χ3v) is 6.20. The molecule has 0 bridgehead atoms. The Morgan fingerprint density at radius 1 is 1.07 bits per heavy atom. The van der Waals surface area contributed by atoms with Gasteiger partial charge in [0.1, 0.15) is 4.90 Å². The predicted octanol–water partition coefficient (Wildman–Crippen LogP) is 0.704. The van der Waals surface area contributed by atoms with E-state index in [2.05, 4.69) is 4.98 Å². The lowest BCUT2D eigenvalue weighted by Gasteiger charge is -2.27. The second-order valence-corrected chi connectivity index (χ2v) is 8.47. The van der Waals surface area contributed by atoms with Crippen molar-refractivity contribution < 1.29 is 35.8 Å². The first-order valence-electron chi connectivity index (χ1n) is 9.12. The number of ether oxygens (including phenoxy) is 3. The number of anilines is 1. The van der Waals surface area contributed by atoms with Crippen molar-refractivity contribution in [2.45, 2.75) is 4.90 Å². The molecule has 0 unspecified atom stereocenters. The van der Waals surface area contributed by atoms with Crippen LogP contribution in [0.5, 0.6) is 0 Å². The molecule has 1 fully saturated rings. The molecule has 2 rings (SSSR count). The Morgan fingerprint density at radius 3 is 2.21 bits per heavy atom. The van der Waals surface area contributed by atoms with Gasteiger partial charge in [0, 0.05) is 46.9 Å². The second kappa shape index (κ2) is 11.1. The maximum absolute atomic E-state index is 15.1. The molecule has 2 heterocycles. The summed E-state index contributed by atoms with van der Waals surface area (Å²) in [6.07, 6.45) is 0. The first kappa shape index (κ1) is 23.8. The molecule has 12 heteroatoms. The van der Waals surface area contributed by atoms with Crippen LogP contribution in [0.25, 0.3) is 0 Å². The molecule has 1 aromatic heterocycles. The van der Waals surface area contributed by atoms with Gasteiger partial charge >= 0.3 is 0 Å². The molecule has 29 heavy (non-hydrogen) atoms. The molecule has 0 saturated carbocycles. The summed E-state index contributed by atoms with van der Waals surface area (Å²) in [4.78, 5) is 5.07. The molecule has 166 valence electrons. The third kappa shape index (κ3) is 6.25. The summed E-state index contributed by atoms with van der Waals surface area (Å²) in [5.41, 5.74) is 0. The van der Waals surface area contributed by atoms with E-state index in [1.54, 1.807) is 4.90 Å². The molecule has 0 radical (unpaired) electrons. The number of rotatable bonds is 11. The van der Waals surface area contributed by atoms with Crippen molar-refractivity contribution >= 4 is 15.7 Å². The van der Waals surface area contributed by atoms with Crippen LogP contribution in [0.15, 0.2) is 4.90 Å². The van der Waals surface area contributed by atoms with Gasteiger partial charge in [-0.15, -0.1) is 0 Å². The van der Waals surface area contributed by atoms with E-state index in [1.807, 2.05) is 0 Å². The van der Waals surface area contributed by atoms with Gasteiger partial charge in [-0.05, 0) is 0 Å². The minimum absolute atomic E-state index is 0.0565. The molecule has 1 saturated heterocycles. The van der Waals surface area contributed by atoms with Crippen molar-refractivity contribution in [3.8, 4) is 0 Å². The van der Waals surface area contributed by atoms with Gasteiger partial charge in [0.05, 0.1) is 32.2 Å². The van der Waals surface area contributed by atoms with Gasteiger partial charge in [0.25, 0.3) is 5.95 Å². The normalized spacial score (nSPS) is 15.6. The van der Waals surface area contributed by atoms with E-state index in [9.17, 15) is 17.2 Å². The zero-order chi connectivity index (χ0) is 21.4. The number of methoxy groups -OCH3 is 2. The maximum atomic E-state index is 15.1. The molecule has 1 aromatic rings. The standard InChI is InChI=1S/C17H26F3N3O5S/c1-26-8-5-23(6-9-27-2)17-14(19)15(13(18)16(20)21-17)29(24,25)12-7-22-3-10-28-11-4-22/h3-12H2,1-2H3. The number of sulfone groups is 1. The van der Waals surface area contributed by atoms with Crippen LogP contribution in [0.4, 0.5) is 19.0 Å². The van der Waals surface area contributed by atoms with Crippen LogP contribution in [0, 0.1) is 17.6 Å². The molecule has 0 atom stereocenters. The number of aromatic nitrogens is 1. The highest BCUT2D eigenvalue weighted by Crippen LogP contribution is 2.28. The van der Waals surface area contributed by atoms with Crippen molar-refractivity contribution in [2.75, 3.05) is 84.0 Å². The summed E-state index contributed by atoms with van der Waals surface area (Å²) in [7, 11) is -1.60. The summed E-state index contributed by atoms with van der Waals surface area (Å²) in [5.74, 6) is -6.06. The minimum Gasteiger partial charge on any atom is -0.383 e. The summed E-state index contributed by atoms with van der Waals surface area (Å²) in [6.45, 7) is 2.43. The number of morpholine rings is 1. The van der Waals surface area contributed by atoms with Crippen molar-refractivity contribution in [1.82, 2.24) is 9.88 Å². The summed E-state index contributed by atoms with van der Waals surface area (Å²) in [6, 6.07) is 0. The van der Waals surface area contributed by atoms with Crippen molar-refractivity contribution in [1.29, 1.82) is 0 Å². The molecule has 0 amide bonds. The van der Waals surface area contributed by atoms with Gasteiger partial charge in [-0.2, -0.15) is 9.37 Å². The topological polar surface area (TPSA) is 81.2 Å². The largest absolute Gasteiger partial charge is 0.383 e. The number of hydrogen-bond acceptors (Lipinski definition) is 8. The van der Waals surface area contributed by atoms with Gasteiger partial charge in [-0.1, -0.05) is 0 Å². The number of hydrogen-bond donors (Lipinski definition) is 0. The fourth-order valence-electron chi connectivity index (χ4n) is 2.87. The summed E-state index contributed by atoms with van der Waals surface area (Å²) in [5, 5.41) is 0. The van der Waals surface area contributed by atoms with Crippen LogP contribution in [-0.2, 0) is 24.0 Å². The first-order valence-corrected chi connectivity index (χ1v) is 10.8. The molecule has 0 spiro atoms. The highest BCUT2D eigenvalue weighted by atomic mass is 32.2. The van der Waals surface area contributed by atoms with E-state index in [4.69, 9.17) is 14.2 Å². The Labute approximate surface area is 168 Å². The van der Waals surface area contributed by atoms with E-state index in [0.717, 1.165) is 0 Å². The molecule has 0 N–H and O–H groups in total. The number of halogens is 3. The fraction of sp³-hybridized carbons (Fsp3) is 0.706. The molecular formula is C17H26F3N3O5S. The van der Waals surface area contributed by atoms with Crippen LogP contribution in [0.2, 0.25) is 0 Å². The van der Waals surface area contributed by atoms with E-state index >= 15 is 4.39 Å². The van der Waals surface area contributed by atoms with Crippen LogP contribution in [0.3, 0.4) is 0 Å². The molecule has 8 nitrogen and oxygen atoms in total. The van der Waals surface area contributed by atoms with Gasteiger partial charge in [-0.25, -0.2) is 17.2 Å². The molecular weight excluding hydrogens is 415 g/mol. The van der Waals surface area contributed by atoms with Gasteiger partial charge in [0.15, 0.2) is 27.3 Å². The molecule has 1 aliphatic rings. The van der Waals surface area contributed by atoms with Gasteiger partial charge in [0.2, 0.25) is 0 Å². The lowest BCUT2D eigenvalue weighted by Crippen LogP contribution is -2.39. The summed E-state index contributed by atoms with van der Waals surface area (Å²) >= 11 is 0. The Balaban J connectivity index is 2.34. The first-order chi connectivity index (χ1) is 13.8. The van der Waals surface area contributed by atoms with E-state index in [0.29, 0.717) is 26.3 Å². The van der Waals surface area contributed by atoms with Crippen molar-refractivity contribution in [3.63, 3.8) is 0 Å². The Bertz CT molecular complexity index is 768. The average molecular weight is 441 g/mol. The Morgan fingerprint density at radius 2 is 1.66 bits per heavy atom. The SMILES string of the molecule is COCCN(CCOC)c1nc(F)c(F)c(S(=O)(=O)CCN2CCOCC2)c1F. The number of nitrogens with zero attached hydrogens (tertiary/aromatic N) is 3. The highest BCUT2D eigenvalue weighted by molar-refractivity contribution is 7.91. The second-order valence-electron chi connectivity index (χ2n) is 6.43. The quantitative estimate of drug-likeness (QED) is 0.465. The van der Waals surface area contributed by atoms with E-state index < -0.39 is 43.9 Å².